The fraction of sp³-hybridized carbons (Fsp3) is 0.391. The molecule has 0 unspecified atom stereocenters. The molecule has 0 N–H and O–H groups in total. The van der Waals surface area contributed by atoms with Crippen molar-refractivity contribution < 1.29 is 9.59 Å². The summed E-state index contributed by atoms with van der Waals surface area (Å²) in [4.78, 5) is 29.0. The van der Waals surface area contributed by atoms with Gasteiger partial charge in [0.1, 0.15) is 0 Å². The number of halogens is 1. The van der Waals surface area contributed by atoms with Crippen LogP contribution in [0.3, 0.4) is 0 Å². The number of rotatable bonds is 5. The Balaban J connectivity index is 1.24. The number of carbonyl (C=O) groups excluding carboxylic acids is 2. The van der Waals surface area contributed by atoms with Crippen LogP contribution in [-0.4, -0.2) is 47.8 Å². The van der Waals surface area contributed by atoms with Gasteiger partial charge in [0.25, 0.3) is 0 Å². The van der Waals surface area contributed by atoms with Crippen molar-refractivity contribution >= 4 is 23.4 Å². The number of carbonyl (C=O) groups is 2. The van der Waals surface area contributed by atoms with E-state index in [0.29, 0.717) is 17.9 Å². The molecule has 2 aliphatic heterocycles. The van der Waals surface area contributed by atoms with Crippen LogP contribution < -0.4 is 0 Å². The fourth-order valence-electron chi connectivity index (χ4n) is 4.29. The van der Waals surface area contributed by atoms with E-state index in [2.05, 4.69) is 12.1 Å². The van der Waals surface area contributed by atoms with Crippen molar-refractivity contribution in [1.82, 2.24) is 9.80 Å². The Morgan fingerprint density at radius 3 is 2.25 bits per heavy atom. The Kier molecular flexibility index (Phi) is 5.40. The first-order valence-corrected chi connectivity index (χ1v) is 10.2. The molecule has 0 aliphatic carbocycles. The van der Waals surface area contributed by atoms with Crippen LogP contribution in [0.15, 0.2) is 54.6 Å². The van der Waals surface area contributed by atoms with Gasteiger partial charge in [0.15, 0.2) is 0 Å². The predicted molar refractivity (Wildman–Crippen MR) is 110 cm³/mol. The molecule has 2 aliphatic rings. The number of benzene rings is 2. The van der Waals surface area contributed by atoms with E-state index in [-0.39, 0.29) is 17.2 Å². The summed E-state index contributed by atoms with van der Waals surface area (Å²) in [5.74, 6) is 0.383. The van der Waals surface area contributed by atoms with Gasteiger partial charge in [-0.15, -0.1) is 0 Å². The molecule has 0 atom stereocenters. The first-order chi connectivity index (χ1) is 13.5. The maximum atomic E-state index is 12.6. The molecule has 4 rings (SSSR count). The zero-order valence-corrected chi connectivity index (χ0v) is 16.7. The molecule has 0 saturated carbocycles. The summed E-state index contributed by atoms with van der Waals surface area (Å²) < 4.78 is 0. The predicted octanol–water partition coefficient (Wildman–Crippen LogP) is 3.58. The summed E-state index contributed by atoms with van der Waals surface area (Å²) in [7, 11) is 0. The molecule has 1 spiro atoms. The molecular weight excluding hydrogens is 372 g/mol. The molecule has 0 radical (unpaired) electrons. The molecule has 2 aromatic carbocycles. The standard InChI is InChI=1S/C23H25ClN2O2/c24-20-9-6-19(7-10-20)14-22(28)25-13-12-23(15-25)16-26(17-23)21(27)11-8-18-4-2-1-3-5-18/h1-7,9-10H,8,11-17H2. The van der Waals surface area contributed by atoms with Gasteiger partial charge in [-0.2, -0.15) is 0 Å². The lowest BCUT2D eigenvalue weighted by atomic mass is 9.79. The second-order valence-corrected chi connectivity index (χ2v) is 8.54. The smallest absolute Gasteiger partial charge is 0.227 e. The minimum Gasteiger partial charge on any atom is -0.342 e. The normalized spacial score (nSPS) is 17.6. The van der Waals surface area contributed by atoms with Crippen LogP contribution in [0.25, 0.3) is 0 Å². The molecule has 2 heterocycles. The second-order valence-electron chi connectivity index (χ2n) is 8.10. The number of hydrogen-bond donors (Lipinski definition) is 0. The van der Waals surface area contributed by atoms with E-state index < -0.39 is 0 Å². The van der Waals surface area contributed by atoms with E-state index >= 15 is 0 Å². The molecule has 2 amide bonds. The van der Waals surface area contributed by atoms with Gasteiger partial charge in [0.2, 0.25) is 11.8 Å². The van der Waals surface area contributed by atoms with Gasteiger partial charge >= 0.3 is 0 Å². The third-order valence-electron chi connectivity index (χ3n) is 5.94. The highest BCUT2D eigenvalue weighted by molar-refractivity contribution is 6.30. The molecule has 2 aromatic rings. The third kappa shape index (κ3) is 4.22. The Morgan fingerprint density at radius 2 is 1.54 bits per heavy atom. The van der Waals surface area contributed by atoms with E-state index in [4.69, 9.17) is 11.6 Å². The van der Waals surface area contributed by atoms with Gasteiger partial charge in [-0.3, -0.25) is 9.59 Å². The molecular formula is C23H25ClN2O2. The molecule has 4 nitrogen and oxygen atoms in total. The maximum Gasteiger partial charge on any atom is 0.227 e. The summed E-state index contributed by atoms with van der Waals surface area (Å²) >= 11 is 5.91. The van der Waals surface area contributed by atoms with Crippen molar-refractivity contribution in [2.45, 2.75) is 25.7 Å². The van der Waals surface area contributed by atoms with Crippen LogP contribution in [-0.2, 0) is 22.4 Å². The van der Waals surface area contributed by atoms with E-state index in [1.165, 1.54) is 5.56 Å². The first kappa shape index (κ1) is 19.0. The maximum absolute atomic E-state index is 12.6. The average Bonchev–Trinajstić information content (AvgIpc) is 3.14. The third-order valence-corrected chi connectivity index (χ3v) is 6.19. The van der Waals surface area contributed by atoms with Crippen LogP contribution in [0.4, 0.5) is 0 Å². The number of nitrogens with zero attached hydrogens (tertiary/aromatic N) is 2. The topological polar surface area (TPSA) is 40.6 Å². The van der Waals surface area contributed by atoms with Gasteiger partial charge < -0.3 is 9.80 Å². The average molecular weight is 397 g/mol. The van der Waals surface area contributed by atoms with Crippen LogP contribution in [0.1, 0.15) is 24.0 Å². The summed E-state index contributed by atoms with van der Waals surface area (Å²) in [6.45, 7) is 3.12. The Morgan fingerprint density at radius 1 is 0.857 bits per heavy atom. The quantitative estimate of drug-likeness (QED) is 0.775. The van der Waals surface area contributed by atoms with E-state index in [9.17, 15) is 9.59 Å². The highest BCUT2D eigenvalue weighted by atomic mass is 35.5. The Hall–Kier alpha value is -2.33. The molecule has 2 saturated heterocycles. The molecule has 2 fully saturated rings. The van der Waals surface area contributed by atoms with E-state index in [1.807, 2.05) is 52.3 Å². The van der Waals surface area contributed by atoms with Crippen molar-refractivity contribution in [1.29, 1.82) is 0 Å². The van der Waals surface area contributed by atoms with Crippen molar-refractivity contribution in [3.8, 4) is 0 Å². The molecule has 0 aromatic heterocycles. The van der Waals surface area contributed by atoms with Crippen LogP contribution in [0, 0.1) is 5.41 Å². The second kappa shape index (κ2) is 7.96. The number of hydrogen-bond acceptors (Lipinski definition) is 2. The van der Waals surface area contributed by atoms with Gasteiger partial charge in [0, 0.05) is 43.0 Å². The van der Waals surface area contributed by atoms with Crippen LogP contribution in [0.5, 0.6) is 0 Å². The van der Waals surface area contributed by atoms with Crippen molar-refractivity contribution in [3.63, 3.8) is 0 Å². The molecule has 5 heteroatoms. The van der Waals surface area contributed by atoms with E-state index in [1.54, 1.807) is 0 Å². The van der Waals surface area contributed by atoms with E-state index in [0.717, 1.165) is 44.6 Å². The number of amides is 2. The largest absolute Gasteiger partial charge is 0.342 e. The van der Waals surface area contributed by atoms with Crippen molar-refractivity contribution in [2.24, 2.45) is 5.41 Å². The zero-order chi connectivity index (χ0) is 19.6. The zero-order valence-electron chi connectivity index (χ0n) is 15.9. The van der Waals surface area contributed by atoms with Crippen LogP contribution >= 0.6 is 11.6 Å². The molecule has 0 bridgehead atoms. The number of likely N-dealkylation sites (tertiary alicyclic amines) is 2. The lowest BCUT2D eigenvalue weighted by Crippen LogP contribution is -2.59. The first-order valence-electron chi connectivity index (χ1n) is 9.87. The lowest BCUT2D eigenvalue weighted by Gasteiger charge is -2.48. The fourth-order valence-corrected chi connectivity index (χ4v) is 4.41. The SMILES string of the molecule is O=C(Cc1ccc(Cl)cc1)N1CCC2(C1)CN(C(=O)CCc1ccccc1)C2. The number of aryl methyl sites for hydroxylation is 1. The summed E-state index contributed by atoms with van der Waals surface area (Å²) in [6.07, 6.45) is 2.74. The minimum atomic E-state index is 0.109. The highest BCUT2D eigenvalue weighted by Gasteiger charge is 2.49. The summed E-state index contributed by atoms with van der Waals surface area (Å²) in [6, 6.07) is 17.6. The summed E-state index contributed by atoms with van der Waals surface area (Å²) in [5, 5.41) is 0.683. The molecule has 28 heavy (non-hydrogen) atoms. The minimum absolute atomic E-state index is 0.109. The Labute approximate surface area is 171 Å². The van der Waals surface area contributed by atoms with Gasteiger partial charge in [0.05, 0.1) is 6.42 Å². The van der Waals surface area contributed by atoms with Crippen molar-refractivity contribution in [3.05, 3.63) is 70.7 Å². The lowest BCUT2D eigenvalue weighted by molar-refractivity contribution is -0.143. The Bertz CT molecular complexity index is 845. The van der Waals surface area contributed by atoms with Gasteiger partial charge in [-0.25, -0.2) is 0 Å². The van der Waals surface area contributed by atoms with Crippen molar-refractivity contribution in [2.75, 3.05) is 26.2 Å². The monoisotopic (exact) mass is 396 g/mol. The molecule has 146 valence electrons. The highest BCUT2D eigenvalue weighted by Crippen LogP contribution is 2.40. The van der Waals surface area contributed by atoms with Gasteiger partial charge in [-0.05, 0) is 36.1 Å². The summed E-state index contributed by atoms with van der Waals surface area (Å²) in [5.41, 5.74) is 2.30. The van der Waals surface area contributed by atoms with Gasteiger partial charge in [-0.1, -0.05) is 54.1 Å². The van der Waals surface area contributed by atoms with Crippen LogP contribution in [0.2, 0.25) is 5.02 Å².